The number of nitrogens with one attached hydrogen (secondary N) is 2. The van der Waals surface area contributed by atoms with Crippen LogP contribution in [0.5, 0.6) is 0 Å². The van der Waals surface area contributed by atoms with E-state index in [0.29, 0.717) is 17.3 Å². The van der Waals surface area contributed by atoms with E-state index in [0.717, 1.165) is 0 Å². The molecule has 0 unspecified atom stereocenters. The van der Waals surface area contributed by atoms with Gasteiger partial charge in [-0.05, 0) is 13.0 Å². The second-order valence-electron chi connectivity index (χ2n) is 4.00. The summed E-state index contributed by atoms with van der Waals surface area (Å²) in [6.45, 7) is 1.76. The molecule has 0 saturated heterocycles. The van der Waals surface area contributed by atoms with Crippen LogP contribution in [0.3, 0.4) is 0 Å². The quantitative estimate of drug-likeness (QED) is 0.868. The summed E-state index contributed by atoms with van der Waals surface area (Å²) in [6, 6.07) is 2.98. The van der Waals surface area contributed by atoms with Crippen molar-refractivity contribution < 1.29 is 12.9 Å². The van der Waals surface area contributed by atoms with Crippen LogP contribution in [-0.2, 0) is 16.6 Å². The number of rotatable bonds is 5. The maximum absolute atomic E-state index is 12.1. The molecule has 0 aliphatic heterocycles. The third kappa shape index (κ3) is 3.27. The van der Waals surface area contributed by atoms with Crippen molar-refractivity contribution in [2.45, 2.75) is 18.4 Å². The van der Waals surface area contributed by atoms with Crippen molar-refractivity contribution in [1.82, 2.24) is 14.9 Å². The predicted molar refractivity (Wildman–Crippen MR) is 74.1 cm³/mol. The van der Waals surface area contributed by atoms with Crippen LogP contribution < -0.4 is 10.0 Å². The number of aryl methyl sites for hydroxylation is 1. The Bertz CT molecular complexity index is 714. The fourth-order valence-corrected chi connectivity index (χ4v) is 2.80. The zero-order chi connectivity index (χ0) is 14.8. The van der Waals surface area contributed by atoms with E-state index in [9.17, 15) is 8.42 Å². The highest BCUT2D eigenvalue weighted by Gasteiger charge is 2.17. The maximum atomic E-state index is 12.1. The average molecular weight is 317 g/mol. The molecule has 0 radical (unpaired) electrons. The van der Waals surface area contributed by atoms with Gasteiger partial charge in [-0.2, -0.15) is 0 Å². The molecule has 0 aliphatic rings. The van der Waals surface area contributed by atoms with Gasteiger partial charge >= 0.3 is 0 Å². The summed E-state index contributed by atoms with van der Waals surface area (Å²) in [4.78, 5) is 3.91. The van der Waals surface area contributed by atoms with Gasteiger partial charge in [0, 0.05) is 19.3 Å². The Morgan fingerprint density at radius 1 is 1.40 bits per heavy atom. The highest BCUT2D eigenvalue weighted by Crippen LogP contribution is 2.21. The molecule has 0 aromatic carbocycles. The Morgan fingerprint density at radius 2 is 2.15 bits per heavy atom. The van der Waals surface area contributed by atoms with Crippen LogP contribution in [0.25, 0.3) is 0 Å². The Labute approximate surface area is 121 Å². The van der Waals surface area contributed by atoms with E-state index in [1.165, 1.54) is 12.3 Å². The van der Waals surface area contributed by atoms with Gasteiger partial charge < -0.3 is 9.84 Å². The molecule has 2 rings (SSSR count). The van der Waals surface area contributed by atoms with E-state index >= 15 is 0 Å². The average Bonchev–Trinajstić information content (AvgIpc) is 2.82. The Morgan fingerprint density at radius 3 is 2.70 bits per heavy atom. The van der Waals surface area contributed by atoms with Crippen molar-refractivity contribution in [3.63, 3.8) is 0 Å². The summed E-state index contributed by atoms with van der Waals surface area (Å²) >= 11 is 5.91. The molecule has 2 heterocycles. The lowest BCUT2D eigenvalue weighted by molar-refractivity contribution is 0.390. The molecule has 7 nitrogen and oxygen atoms in total. The second-order valence-corrected chi connectivity index (χ2v) is 6.18. The summed E-state index contributed by atoms with van der Waals surface area (Å²) in [7, 11) is -2.06. The number of hydrogen-bond acceptors (Lipinski definition) is 6. The van der Waals surface area contributed by atoms with Crippen LogP contribution in [0.2, 0.25) is 5.02 Å². The Balaban J connectivity index is 2.15. The van der Waals surface area contributed by atoms with E-state index in [-0.39, 0.29) is 16.5 Å². The zero-order valence-electron chi connectivity index (χ0n) is 10.8. The number of pyridine rings is 1. The lowest BCUT2D eigenvalue weighted by Crippen LogP contribution is -2.23. The number of aromatic nitrogens is 2. The summed E-state index contributed by atoms with van der Waals surface area (Å²) in [5, 5.41) is 6.69. The van der Waals surface area contributed by atoms with Crippen molar-refractivity contribution >= 4 is 27.4 Å². The molecule has 9 heteroatoms. The van der Waals surface area contributed by atoms with Gasteiger partial charge in [0.2, 0.25) is 10.0 Å². The van der Waals surface area contributed by atoms with Crippen LogP contribution in [0.4, 0.5) is 5.82 Å². The Kier molecular flexibility index (Phi) is 4.26. The van der Waals surface area contributed by atoms with Crippen LogP contribution in [-0.4, -0.2) is 25.6 Å². The van der Waals surface area contributed by atoms with Crippen molar-refractivity contribution in [2.24, 2.45) is 0 Å². The number of hydrogen-bond donors (Lipinski definition) is 2. The molecule has 0 saturated carbocycles. The van der Waals surface area contributed by atoms with Gasteiger partial charge in [-0.1, -0.05) is 16.8 Å². The van der Waals surface area contributed by atoms with E-state index in [1.54, 1.807) is 20.0 Å². The van der Waals surface area contributed by atoms with Crippen LogP contribution in [0.1, 0.15) is 11.5 Å². The summed E-state index contributed by atoms with van der Waals surface area (Å²) < 4.78 is 31.4. The molecule has 2 N–H and O–H groups in total. The van der Waals surface area contributed by atoms with Gasteiger partial charge in [0.1, 0.15) is 16.5 Å². The molecule has 2 aromatic rings. The minimum atomic E-state index is -3.70. The summed E-state index contributed by atoms with van der Waals surface area (Å²) in [5.74, 6) is 1.03. The van der Waals surface area contributed by atoms with Crippen molar-refractivity contribution in [1.29, 1.82) is 0 Å². The molecule has 0 bridgehead atoms. The monoisotopic (exact) mass is 316 g/mol. The molecule has 20 heavy (non-hydrogen) atoms. The van der Waals surface area contributed by atoms with Crippen molar-refractivity contribution in [2.75, 3.05) is 12.4 Å². The van der Waals surface area contributed by atoms with Gasteiger partial charge in [0.15, 0.2) is 0 Å². The molecule has 0 fully saturated rings. The third-order valence-electron chi connectivity index (χ3n) is 2.48. The fraction of sp³-hybridized carbons (Fsp3) is 0.273. The first-order valence-corrected chi connectivity index (χ1v) is 7.53. The van der Waals surface area contributed by atoms with E-state index in [2.05, 4.69) is 20.2 Å². The standard InChI is InChI=1S/C11H13ClN4O3S/c1-7-3-8(16-19-7)5-15-20(17,18)9-4-10(12)11(13-2)14-6-9/h3-4,6,15H,5H2,1-2H3,(H,13,14). The summed E-state index contributed by atoms with van der Waals surface area (Å²) in [6.07, 6.45) is 1.23. The first-order valence-electron chi connectivity index (χ1n) is 5.67. The second kappa shape index (κ2) is 5.78. The Hall–Kier alpha value is -1.64. The first-order chi connectivity index (χ1) is 9.42. The van der Waals surface area contributed by atoms with E-state index < -0.39 is 10.0 Å². The van der Waals surface area contributed by atoms with Gasteiger partial charge in [0.25, 0.3) is 0 Å². The molecule has 0 atom stereocenters. The van der Waals surface area contributed by atoms with Gasteiger partial charge in [-0.25, -0.2) is 18.1 Å². The lowest BCUT2D eigenvalue weighted by Gasteiger charge is -2.07. The van der Waals surface area contributed by atoms with Gasteiger partial charge in [-0.15, -0.1) is 0 Å². The molecular formula is C11H13ClN4O3S. The zero-order valence-corrected chi connectivity index (χ0v) is 12.4. The van der Waals surface area contributed by atoms with Gasteiger partial charge in [-0.3, -0.25) is 0 Å². The number of sulfonamides is 1. The lowest BCUT2D eigenvalue weighted by atomic mass is 10.4. The molecule has 0 aliphatic carbocycles. The molecule has 0 spiro atoms. The highest BCUT2D eigenvalue weighted by molar-refractivity contribution is 7.89. The molecule has 2 aromatic heterocycles. The largest absolute Gasteiger partial charge is 0.372 e. The normalized spacial score (nSPS) is 11.6. The van der Waals surface area contributed by atoms with Crippen LogP contribution in [0, 0.1) is 6.92 Å². The molecule has 0 amide bonds. The van der Waals surface area contributed by atoms with Crippen molar-refractivity contribution in [3.05, 3.63) is 34.8 Å². The third-order valence-corrected chi connectivity index (χ3v) is 4.14. The molecular weight excluding hydrogens is 304 g/mol. The van der Waals surface area contributed by atoms with Gasteiger partial charge in [0.05, 0.1) is 17.3 Å². The van der Waals surface area contributed by atoms with Crippen LogP contribution in [0.15, 0.2) is 27.7 Å². The van der Waals surface area contributed by atoms with E-state index in [4.69, 9.17) is 16.1 Å². The SMILES string of the molecule is CNc1ncc(S(=O)(=O)NCc2cc(C)on2)cc1Cl. The predicted octanol–water partition coefficient (Wildman–Crippen LogP) is 1.55. The molecule has 108 valence electrons. The van der Waals surface area contributed by atoms with Crippen molar-refractivity contribution in [3.8, 4) is 0 Å². The van der Waals surface area contributed by atoms with E-state index in [1.807, 2.05) is 0 Å². The number of halogens is 1. The maximum Gasteiger partial charge on any atom is 0.242 e. The van der Waals surface area contributed by atoms with Crippen LogP contribution >= 0.6 is 11.6 Å². The summed E-state index contributed by atoms with van der Waals surface area (Å²) in [5.41, 5.74) is 0.497. The first kappa shape index (κ1) is 14.8. The number of anilines is 1. The minimum Gasteiger partial charge on any atom is -0.372 e. The topological polar surface area (TPSA) is 97.1 Å². The minimum absolute atomic E-state index is 0.0123. The highest BCUT2D eigenvalue weighted by atomic mass is 35.5. The smallest absolute Gasteiger partial charge is 0.242 e. The number of nitrogens with zero attached hydrogens (tertiary/aromatic N) is 2. The fourth-order valence-electron chi connectivity index (χ4n) is 1.50.